The maximum absolute atomic E-state index is 10.8. The van der Waals surface area contributed by atoms with Crippen LogP contribution in [0.4, 0.5) is 0 Å². The van der Waals surface area contributed by atoms with Gasteiger partial charge in [-0.2, -0.15) is 0 Å². The summed E-state index contributed by atoms with van der Waals surface area (Å²) in [5.41, 5.74) is 0. The van der Waals surface area contributed by atoms with Crippen LogP contribution in [-0.2, 0) is 9.53 Å². The minimum Gasteiger partial charge on any atom is -0.468 e. The van der Waals surface area contributed by atoms with E-state index in [2.05, 4.69) is 6.58 Å². The molecule has 0 amide bonds. The van der Waals surface area contributed by atoms with Gasteiger partial charge in [-0.05, 0) is 24.3 Å². The summed E-state index contributed by atoms with van der Waals surface area (Å²) in [7, 11) is 1.54. The number of rotatable bonds is 5. The third-order valence-corrected chi connectivity index (χ3v) is 1.55. The van der Waals surface area contributed by atoms with E-state index >= 15 is 0 Å². The van der Waals surface area contributed by atoms with Gasteiger partial charge in [0.05, 0.1) is 0 Å². The quantitative estimate of drug-likeness (QED) is 0.320. The summed E-state index contributed by atoms with van der Waals surface area (Å²) < 4.78 is 14.8. The molecule has 0 spiro atoms. The van der Waals surface area contributed by atoms with E-state index in [9.17, 15) is 4.79 Å². The highest BCUT2D eigenvalue weighted by molar-refractivity contribution is 5.83. The molecule has 15 heavy (non-hydrogen) atoms. The van der Waals surface area contributed by atoms with Crippen molar-refractivity contribution in [2.45, 2.75) is 0 Å². The third kappa shape index (κ3) is 3.83. The van der Waals surface area contributed by atoms with Crippen LogP contribution in [-0.4, -0.2) is 19.9 Å². The first-order valence-electron chi connectivity index (χ1n) is 4.32. The summed E-state index contributed by atoms with van der Waals surface area (Å²) in [6.45, 7) is 3.49. The fourth-order valence-electron chi connectivity index (χ4n) is 0.889. The number of carbonyl (C=O) groups excluding carboxylic acids is 1. The van der Waals surface area contributed by atoms with Crippen LogP contribution in [0.5, 0.6) is 11.5 Å². The van der Waals surface area contributed by atoms with Gasteiger partial charge in [0.15, 0.2) is 6.79 Å². The Balaban J connectivity index is 2.55. The first-order chi connectivity index (χ1) is 7.26. The molecule has 0 unspecified atom stereocenters. The smallest absolute Gasteiger partial charge is 0.335 e. The largest absolute Gasteiger partial charge is 0.468 e. The van der Waals surface area contributed by atoms with Crippen LogP contribution in [0.15, 0.2) is 36.9 Å². The van der Waals surface area contributed by atoms with Gasteiger partial charge in [0.2, 0.25) is 0 Å². The Hall–Kier alpha value is -1.81. The van der Waals surface area contributed by atoms with Crippen LogP contribution in [0.1, 0.15) is 0 Å². The molecule has 0 aliphatic heterocycles. The van der Waals surface area contributed by atoms with E-state index < -0.39 is 5.97 Å². The van der Waals surface area contributed by atoms with Gasteiger partial charge in [-0.25, -0.2) is 4.79 Å². The van der Waals surface area contributed by atoms with Crippen molar-refractivity contribution in [3.63, 3.8) is 0 Å². The Morgan fingerprint density at radius 2 is 1.93 bits per heavy atom. The summed E-state index contributed by atoms with van der Waals surface area (Å²) in [6, 6.07) is 6.63. The second-order valence-corrected chi connectivity index (χ2v) is 2.65. The molecule has 4 nitrogen and oxygen atoms in total. The van der Waals surface area contributed by atoms with Gasteiger partial charge in [0.1, 0.15) is 11.5 Å². The molecule has 80 valence electrons. The second kappa shape index (κ2) is 5.82. The summed E-state index contributed by atoms with van der Waals surface area (Å²) in [5.74, 6) is 0.612. The minimum absolute atomic E-state index is 0.186. The molecule has 0 aliphatic carbocycles. The average Bonchev–Trinajstić information content (AvgIpc) is 2.28. The van der Waals surface area contributed by atoms with Gasteiger partial charge >= 0.3 is 5.97 Å². The van der Waals surface area contributed by atoms with Crippen LogP contribution >= 0.6 is 0 Å². The van der Waals surface area contributed by atoms with Gasteiger partial charge in [-0.1, -0.05) is 6.58 Å². The highest BCUT2D eigenvalue weighted by Crippen LogP contribution is 2.17. The predicted octanol–water partition coefficient (Wildman–Crippen LogP) is 1.76. The van der Waals surface area contributed by atoms with Crippen LogP contribution in [0.2, 0.25) is 0 Å². The Kier molecular flexibility index (Phi) is 4.37. The topological polar surface area (TPSA) is 44.8 Å². The number of methoxy groups -OCH3 is 1. The van der Waals surface area contributed by atoms with Crippen LogP contribution in [0.3, 0.4) is 0 Å². The molecule has 1 aromatic carbocycles. The lowest BCUT2D eigenvalue weighted by atomic mass is 10.3. The predicted molar refractivity (Wildman–Crippen MR) is 54.8 cm³/mol. The van der Waals surface area contributed by atoms with Crippen molar-refractivity contribution >= 4 is 5.97 Å². The number of benzene rings is 1. The van der Waals surface area contributed by atoms with Gasteiger partial charge in [-0.3, -0.25) is 0 Å². The minimum atomic E-state index is -0.486. The van der Waals surface area contributed by atoms with E-state index in [0.717, 1.165) is 6.08 Å². The molecule has 1 aromatic rings. The molecule has 0 radical (unpaired) electrons. The molecule has 0 saturated carbocycles. The lowest BCUT2D eigenvalue weighted by Gasteiger charge is -2.05. The average molecular weight is 208 g/mol. The third-order valence-electron chi connectivity index (χ3n) is 1.55. The fourth-order valence-corrected chi connectivity index (χ4v) is 0.889. The van der Waals surface area contributed by atoms with Crippen molar-refractivity contribution in [3.05, 3.63) is 36.9 Å². The SMILES string of the molecule is C=CC(=O)Oc1ccc(OCOC)cc1. The summed E-state index contributed by atoms with van der Waals surface area (Å²) in [5, 5.41) is 0. The van der Waals surface area contributed by atoms with E-state index in [4.69, 9.17) is 14.2 Å². The van der Waals surface area contributed by atoms with Crippen molar-refractivity contribution in [1.29, 1.82) is 0 Å². The highest BCUT2D eigenvalue weighted by atomic mass is 16.7. The van der Waals surface area contributed by atoms with E-state index in [1.807, 2.05) is 0 Å². The summed E-state index contributed by atoms with van der Waals surface area (Å²) in [6.07, 6.45) is 1.11. The van der Waals surface area contributed by atoms with Crippen LogP contribution in [0, 0.1) is 0 Å². The standard InChI is InChI=1S/C11H12O4/c1-3-11(12)15-10-6-4-9(5-7-10)14-8-13-2/h3-7H,1,8H2,2H3. The van der Waals surface area contributed by atoms with Gasteiger partial charge in [0.25, 0.3) is 0 Å². The zero-order chi connectivity index (χ0) is 11.1. The molecule has 4 heteroatoms. The van der Waals surface area contributed by atoms with Gasteiger partial charge < -0.3 is 14.2 Å². The summed E-state index contributed by atoms with van der Waals surface area (Å²) in [4.78, 5) is 10.8. The van der Waals surface area contributed by atoms with E-state index in [0.29, 0.717) is 11.5 Å². The van der Waals surface area contributed by atoms with Crippen molar-refractivity contribution < 1.29 is 19.0 Å². The highest BCUT2D eigenvalue weighted by Gasteiger charge is 1.99. The van der Waals surface area contributed by atoms with Crippen LogP contribution in [0.25, 0.3) is 0 Å². The number of ether oxygens (including phenoxy) is 3. The number of hydrogen-bond donors (Lipinski definition) is 0. The number of esters is 1. The normalized spacial score (nSPS) is 9.40. The molecule has 0 atom stereocenters. The zero-order valence-electron chi connectivity index (χ0n) is 8.43. The van der Waals surface area contributed by atoms with Gasteiger partial charge in [0, 0.05) is 13.2 Å². The Morgan fingerprint density at radius 1 is 1.33 bits per heavy atom. The van der Waals surface area contributed by atoms with E-state index in [1.54, 1.807) is 31.4 Å². The van der Waals surface area contributed by atoms with E-state index in [1.165, 1.54) is 0 Å². The van der Waals surface area contributed by atoms with Crippen molar-refractivity contribution in [2.24, 2.45) is 0 Å². The van der Waals surface area contributed by atoms with E-state index in [-0.39, 0.29) is 6.79 Å². The van der Waals surface area contributed by atoms with Crippen LogP contribution < -0.4 is 9.47 Å². The Labute approximate surface area is 88.1 Å². The first kappa shape index (κ1) is 11.3. The molecule has 0 saturated heterocycles. The molecule has 0 heterocycles. The lowest BCUT2D eigenvalue weighted by Crippen LogP contribution is -2.03. The zero-order valence-corrected chi connectivity index (χ0v) is 8.43. The maximum atomic E-state index is 10.8. The summed E-state index contributed by atoms with van der Waals surface area (Å²) >= 11 is 0. The van der Waals surface area contributed by atoms with Crippen molar-refractivity contribution in [1.82, 2.24) is 0 Å². The number of carbonyl (C=O) groups is 1. The monoisotopic (exact) mass is 208 g/mol. The molecule has 0 aromatic heterocycles. The lowest BCUT2D eigenvalue weighted by molar-refractivity contribution is -0.128. The molecule has 0 fully saturated rings. The van der Waals surface area contributed by atoms with Gasteiger partial charge in [-0.15, -0.1) is 0 Å². The Bertz CT molecular complexity index is 329. The molecular weight excluding hydrogens is 196 g/mol. The molecular formula is C11H12O4. The second-order valence-electron chi connectivity index (χ2n) is 2.65. The molecule has 0 bridgehead atoms. The number of hydrogen-bond acceptors (Lipinski definition) is 4. The molecule has 1 rings (SSSR count). The van der Waals surface area contributed by atoms with Crippen molar-refractivity contribution in [3.8, 4) is 11.5 Å². The Morgan fingerprint density at radius 3 is 2.47 bits per heavy atom. The fraction of sp³-hybridized carbons (Fsp3) is 0.182. The van der Waals surface area contributed by atoms with Crippen molar-refractivity contribution in [2.75, 3.05) is 13.9 Å². The molecule has 0 aliphatic rings. The molecule has 0 N–H and O–H groups in total. The maximum Gasteiger partial charge on any atom is 0.335 e. The first-order valence-corrected chi connectivity index (χ1v) is 4.32.